The van der Waals surface area contributed by atoms with Crippen LogP contribution in [0.5, 0.6) is 0 Å². The number of aromatic nitrogens is 3. The summed E-state index contributed by atoms with van der Waals surface area (Å²) in [4.78, 5) is 13.2. The number of nitrogens with zero attached hydrogens (tertiary/aromatic N) is 3. The van der Waals surface area contributed by atoms with Crippen molar-refractivity contribution in [1.29, 1.82) is 0 Å². The van der Waals surface area contributed by atoms with Crippen molar-refractivity contribution in [1.82, 2.24) is 25.6 Å². The van der Waals surface area contributed by atoms with Crippen LogP contribution < -0.4 is 10.6 Å². The van der Waals surface area contributed by atoms with Crippen molar-refractivity contribution in [3.8, 4) is 5.69 Å². The van der Waals surface area contributed by atoms with Gasteiger partial charge in [-0.25, -0.2) is 4.39 Å². The highest BCUT2D eigenvalue weighted by atomic mass is 19.1. The summed E-state index contributed by atoms with van der Waals surface area (Å²) >= 11 is 0. The molecule has 0 aliphatic carbocycles. The van der Waals surface area contributed by atoms with Crippen molar-refractivity contribution in [2.45, 2.75) is 0 Å². The second-order valence-electron chi connectivity index (χ2n) is 4.49. The van der Waals surface area contributed by atoms with E-state index in [1.54, 1.807) is 7.11 Å². The Kier molecular flexibility index (Phi) is 5.99. The number of ether oxygens (including phenoxy) is 1. The number of rotatable bonds is 8. The third-order valence-corrected chi connectivity index (χ3v) is 2.85. The number of nitrogens with one attached hydrogen (secondary N) is 2. The molecule has 1 aromatic carbocycles. The lowest BCUT2D eigenvalue weighted by Crippen LogP contribution is -2.33. The predicted molar refractivity (Wildman–Crippen MR) is 78.4 cm³/mol. The van der Waals surface area contributed by atoms with E-state index < -0.39 is 0 Å². The maximum atomic E-state index is 12.9. The van der Waals surface area contributed by atoms with Gasteiger partial charge in [0.2, 0.25) is 0 Å². The van der Waals surface area contributed by atoms with Gasteiger partial charge in [0.1, 0.15) is 5.82 Å². The van der Waals surface area contributed by atoms with Gasteiger partial charge in [-0.3, -0.25) is 4.79 Å². The molecule has 118 valence electrons. The van der Waals surface area contributed by atoms with Crippen molar-refractivity contribution < 1.29 is 13.9 Å². The third-order valence-electron chi connectivity index (χ3n) is 2.85. The smallest absolute Gasteiger partial charge is 0.273 e. The van der Waals surface area contributed by atoms with E-state index in [-0.39, 0.29) is 17.4 Å². The lowest BCUT2D eigenvalue weighted by Gasteiger charge is -2.04. The van der Waals surface area contributed by atoms with Gasteiger partial charge in [-0.2, -0.15) is 9.90 Å². The van der Waals surface area contributed by atoms with Gasteiger partial charge in [-0.1, -0.05) is 0 Å². The van der Waals surface area contributed by atoms with Gasteiger partial charge >= 0.3 is 0 Å². The summed E-state index contributed by atoms with van der Waals surface area (Å²) in [5.74, 6) is -0.642. The Bertz CT molecular complexity index is 600. The van der Waals surface area contributed by atoms with Gasteiger partial charge < -0.3 is 15.4 Å². The van der Waals surface area contributed by atoms with Crippen LogP contribution in [0.25, 0.3) is 5.69 Å². The normalized spacial score (nSPS) is 10.6. The molecule has 0 bridgehead atoms. The molecule has 22 heavy (non-hydrogen) atoms. The Morgan fingerprint density at radius 1 is 1.27 bits per heavy atom. The van der Waals surface area contributed by atoms with Crippen LogP contribution in [-0.2, 0) is 4.74 Å². The van der Waals surface area contributed by atoms with E-state index in [1.165, 1.54) is 35.3 Å². The lowest BCUT2D eigenvalue weighted by molar-refractivity contribution is 0.0948. The van der Waals surface area contributed by atoms with Crippen molar-refractivity contribution in [3.63, 3.8) is 0 Å². The minimum absolute atomic E-state index is 0.209. The number of hydrogen-bond donors (Lipinski definition) is 2. The van der Waals surface area contributed by atoms with Gasteiger partial charge in [0.25, 0.3) is 5.91 Å². The minimum atomic E-state index is -0.338. The zero-order valence-corrected chi connectivity index (χ0v) is 12.3. The molecule has 7 nitrogen and oxygen atoms in total. The van der Waals surface area contributed by atoms with Crippen LogP contribution in [0.1, 0.15) is 10.5 Å². The molecule has 0 atom stereocenters. The zero-order chi connectivity index (χ0) is 15.8. The molecule has 1 aromatic heterocycles. The molecule has 0 aliphatic heterocycles. The number of amides is 1. The van der Waals surface area contributed by atoms with Gasteiger partial charge in [0.05, 0.1) is 18.5 Å². The van der Waals surface area contributed by atoms with E-state index in [1.807, 2.05) is 0 Å². The van der Waals surface area contributed by atoms with E-state index in [0.29, 0.717) is 25.4 Å². The fraction of sp³-hybridized carbons (Fsp3) is 0.357. The molecule has 1 heterocycles. The average Bonchev–Trinajstić information content (AvgIpc) is 3.01. The first-order chi connectivity index (χ1) is 10.7. The monoisotopic (exact) mass is 307 g/mol. The number of halogens is 1. The lowest BCUT2D eigenvalue weighted by atomic mass is 10.3. The minimum Gasteiger partial charge on any atom is -0.383 e. The van der Waals surface area contributed by atoms with E-state index in [9.17, 15) is 9.18 Å². The van der Waals surface area contributed by atoms with Crippen LogP contribution in [-0.4, -0.2) is 54.3 Å². The van der Waals surface area contributed by atoms with Crippen molar-refractivity contribution in [2.24, 2.45) is 0 Å². The number of carbonyl (C=O) groups excluding carboxylic acids is 1. The molecule has 0 saturated carbocycles. The molecular formula is C14H18FN5O2. The molecule has 2 N–H and O–H groups in total. The fourth-order valence-corrected chi connectivity index (χ4v) is 1.72. The largest absolute Gasteiger partial charge is 0.383 e. The summed E-state index contributed by atoms with van der Waals surface area (Å²) < 4.78 is 17.8. The fourth-order valence-electron chi connectivity index (χ4n) is 1.72. The predicted octanol–water partition coefficient (Wildman–Crippen LogP) is 0.372. The highest BCUT2D eigenvalue weighted by molar-refractivity contribution is 5.91. The number of methoxy groups -OCH3 is 1. The molecule has 0 radical (unpaired) electrons. The summed E-state index contributed by atoms with van der Waals surface area (Å²) in [5.41, 5.74) is 0.794. The number of benzene rings is 1. The first-order valence-electron chi connectivity index (χ1n) is 6.87. The SMILES string of the molecule is COCCNCCNC(=O)c1cnn(-c2ccc(F)cc2)n1. The Labute approximate surface area is 127 Å². The molecule has 0 spiro atoms. The highest BCUT2D eigenvalue weighted by Crippen LogP contribution is 2.06. The summed E-state index contributed by atoms with van der Waals surface area (Å²) in [5, 5.41) is 13.9. The molecule has 8 heteroatoms. The molecular weight excluding hydrogens is 289 g/mol. The standard InChI is InChI=1S/C14H18FN5O2/c1-22-9-8-16-6-7-17-14(21)13-10-18-20(19-13)12-4-2-11(15)3-5-12/h2-5,10,16H,6-9H2,1H3,(H,17,21). The first kappa shape index (κ1) is 16.1. The Morgan fingerprint density at radius 3 is 2.77 bits per heavy atom. The number of hydrogen-bond acceptors (Lipinski definition) is 5. The molecule has 2 rings (SSSR count). The van der Waals surface area contributed by atoms with E-state index in [2.05, 4.69) is 20.8 Å². The summed E-state index contributed by atoms with van der Waals surface area (Å²) in [6.45, 7) is 2.47. The van der Waals surface area contributed by atoms with Crippen LogP contribution in [0.4, 0.5) is 4.39 Å². The van der Waals surface area contributed by atoms with Crippen LogP contribution in [0.15, 0.2) is 30.5 Å². The average molecular weight is 307 g/mol. The van der Waals surface area contributed by atoms with Gasteiger partial charge in [-0.15, -0.1) is 5.10 Å². The quantitative estimate of drug-likeness (QED) is 0.689. The molecule has 0 aliphatic rings. The second-order valence-corrected chi connectivity index (χ2v) is 4.49. The van der Waals surface area contributed by atoms with Crippen molar-refractivity contribution >= 4 is 5.91 Å². The summed E-state index contributed by atoms with van der Waals surface area (Å²) in [6.07, 6.45) is 1.37. The van der Waals surface area contributed by atoms with Gasteiger partial charge in [-0.05, 0) is 24.3 Å². The third kappa shape index (κ3) is 4.61. The van der Waals surface area contributed by atoms with E-state index in [0.717, 1.165) is 6.54 Å². The van der Waals surface area contributed by atoms with Crippen molar-refractivity contribution in [3.05, 3.63) is 42.0 Å². The van der Waals surface area contributed by atoms with Crippen molar-refractivity contribution in [2.75, 3.05) is 33.4 Å². The number of carbonyl (C=O) groups is 1. The molecule has 0 fully saturated rings. The topological polar surface area (TPSA) is 81.1 Å². The van der Waals surface area contributed by atoms with Crippen LogP contribution in [0, 0.1) is 5.82 Å². The summed E-state index contributed by atoms with van der Waals surface area (Å²) in [6, 6.07) is 5.70. The Morgan fingerprint density at radius 2 is 2.05 bits per heavy atom. The summed E-state index contributed by atoms with van der Waals surface area (Å²) in [7, 11) is 1.63. The zero-order valence-electron chi connectivity index (χ0n) is 12.3. The first-order valence-corrected chi connectivity index (χ1v) is 6.87. The molecule has 2 aromatic rings. The van der Waals surface area contributed by atoms with Gasteiger partial charge in [0, 0.05) is 26.7 Å². The molecule has 0 saturated heterocycles. The van der Waals surface area contributed by atoms with Gasteiger partial charge in [0.15, 0.2) is 5.69 Å². The van der Waals surface area contributed by atoms with Crippen LogP contribution in [0.3, 0.4) is 0 Å². The maximum absolute atomic E-state index is 12.9. The van der Waals surface area contributed by atoms with Crippen LogP contribution >= 0.6 is 0 Å². The second kappa shape index (κ2) is 8.20. The Balaban J connectivity index is 1.83. The molecule has 1 amide bonds. The van der Waals surface area contributed by atoms with E-state index in [4.69, 9.17) is 4.74 Å². The highest BCUT2D eigenvalue weighted by Gasteiger charge is 2.10. The maximum Gasteiger partial charge on any atom is 0.273 e. The Hall–Kier alpha value is -2.32. The van der Waals surface area contributed by atoms with Crippen LogP contribution in [0.2, 0.25) is 0 Å². The van der Waals surface area contributed by atoms with E-state index >= 15 is 0 Å². The molecule has 0 unspecified atom stereocenters.